The van der Waals surface area contributed by atoms with E-state index in [0.29, 0.717) is 34.7 Å². The number of carbonyl (C=O) groups excluding carboxylic acids is 2. The third-order valence-electron chi connectivity index (χ3n) is 4.08. The number of aromatic nitrogens is 1. The number of benzene rings is 1. The van der Waals surface area contributed by atoms with Gasteiger partial charge in [0.1, 0.15) is 5.56 Å². The molecule has 1 aromatic carbocycles. The minimum Gasteiger partial charge on any atom is -0.462 e. The standard InChI is InChI=1S/C20H26ClN3O3/c1-4-9-24(10-5-2)18(25)13-23-19-15-11-14(21)7-8-17(15)22-12-16(19)20(26)27-6-3/h7-8,11-12H,4-6,9-10,13H2,1-3H3,(H,22,23). The molecule has 1 amide bonds. The molecule has 0 aliphatic carbocycles. The van der Waals surface area contributed by atoms with Gasteiger partial charge in [-0.25, -0.2) is 4.79 Å². The molecule has 0 aliphatic heterocycles. The van der Waals surface area contributed by atoms with Crippen LogP contribution < -0.4 is 5.32 Å². The van der Waals surface area contributed by atoms with Crippen LogP contribution in [0.15, 0.2) is 24.4 Å². The van der Waals surface area contributed by atoms with Crippen LogP contribution in [0, 0.1) is 0 Å². The highest BCUT2D eigenvalue weighted by Gasteiger charge is 2.19. The molecule has 0 bridgehead atoms. The molecule has 0 saturated heterocycles. The van der Waals surface area contributed by atoms with Gasteiger partial charge in [-0.15, -0.1) is 0 Å². The van der Waals surface area contributed by atoms with Crippen molar-refractivity contribution in [3.05, 3.63) is 35.0 Å². The quantitative estimate of drug-likeness (QED) is 0.651. The van der Waals surface area contributed by atoms with Crippen molar-refractivity contribution in [2.24, 2.45) is 0 Å². The molecule has 0 saturated carbocycles. The molecule has 7 heteroatoms. The Morgan fingerprint density at radius 3 is 2.52 bits per heavy atom. The number of anilines is 1. The van der Waals surface area contributed by atoms with Gasteiger partial charge in [-0.2, -0.15) is 0 Å². The lowest BCUT2D eigenvalue weighted by atomic mass is 10.1. The van der Waals surface area contributed by atoms with Crippen LogP contribution in [0.3, 0.4) is 0 Å². The predicted octanol–water partition coefficient (Wildman–Crippen LogP) is 4.13. The Labute approximate surface area is 164 Å². The first-order valence-corrected chi connectivity index (χ1v) is 9.66. The number of fused-ring (bicyclic) bond motifs is 1. The zero-order chi connectivity index (χ0) is 19.8. The molecule has 0 spiro atoms. The molecule has 0 unspecified atom stereocenters. The largest absolute Gasteiger partial charge is 0.462 e. The first-order valence-electron chi connectivity index (χ1n) is 9.28. The molecule has 0 aliphatic rings. The van der Waals surface area contributed by atoms with Crippen LogP contribution >= 0.6 is 11.6 Å². The molecule has 0 atom stereocenters. The SMILES string of the molecule is CCCN(CCC)C(=O)CNc1c(C(=O)OCC)cnc2ccc(Cl)cc12. The Kier molecular flexibility index (Phi) is 7.85. The summed E-state index contributed by atoms with van der Waals surface area (Å²) >= 11 is 6.13. The summed E-state index contributed by atoms with van der Waals surface area (Å²) in [6.45, 7) is 7.59. The smallest absolute Gasteiger partial charge is 0.341 e. The molecule has 1 heterocycles. The number of carbonyl (C=O) groups is 2. The molecular formula is C20H26ClN3O3. The molecular weight excluding hydrogens is 366 g/mol. The Morgan fingerprint density at radius 2 is 1.89 bits per heavy atom. The predicted molar refractivity (Wildman–Crippen MR) is 108 cm³/mol. The van der Waals surface area contributed by atoms with Crippen LogP contribution in [-0.2, 0) is 9.53 Å². The fourth-order valence-electron chi connectivity index (χ4n) is 2.90. The number of pyridine rings is 1. The summed E-state index contributed by atoms with van der Waals surface area (Å²) in [5.74, 6) is -0.499. The Bertz CT molecular complexity index is 804. The summed E-state index contributed by atoms with van der Waals surface area (Å²) in [5, 5.41) is 4.33. The van der Waals surface area contributed by atoms with Gasteiger partial charge in [-0.1, -0.05) is 25.4 Å². The highest BCUT2D eigenvalue weighted by molar-refractivity contribution is 6.31. The first-order chi connectivity index (χ1) is 13.0. The van der Waals surface area contributed by atoms with E-state index in [9.17, 15) is 9.59 Å². The number of rotatable bonds is 9. The van der Waals surface area contributed by atoms with E-state index in [2.05, 4.69) is 10.3 Å². The number of esters is 1. The monoisotopic (exact) mass is 391 g/mol. The lowest BCUT2D eigenvalue weighted by molar-refractivity contribution is -0.129. The molecule has 2 rings (SSSR count). The van der Waals surface area contributed by atoms with E-state index < -0.39 is 5.97 Å². The molecule has 0 fully saturated rings. The Morgan fingerprint density at radius 1 is 1.19 bits per heavy atom. The number of hydrogen-bond acceptors (Lipinski definition) is 5. The van der Waals surface area contributed by atoms with Crippen LogP contribution in [0.25, 0.3) is 10.9 Å². The summed E-state index contributed by atoms with van der Waals surface area (Å²) < 4.78 is 5.13. The van der Waals surface area contributed by atoms with E-state index in [1.54, 1.807) is 25.1 Å². The second kappa shape index (κ2) is 10.1. The summed E-state index contributed by atoms with van der Waals surface area (Å²) in [5.41, 5.74) is 1.49. The van der Waals surface area contributed by atoms with Crippen molar-refractivity contribution in [2.45, 2.75) is 33.6 Å². The van der Waals surface area contributed by atoms with E-state index in [-0.39, 0.29) is 24.6 Å². The number of nitrogens with one attached hydrogen (secondary N) is 1. The van der Waals surface area contributed by atoms with Crippen molar-refractivity contribution in [1.82, 2.24) is 9.88 Å². The fourth-order valence-corrected chi connectivity index (χ4v) is 3.07. The Balaban J connectivity index is 2.36. The van der Waals surface area contributed by atoms with E-state index in [4.69, 9.17) is 16.3 Å². The zero-order valence-electron chi connectivity index (χ0n) is 16.0. The second-order valence-corrected chi connectivity index (χ2v) is 6.60. The van der Waals surface area contributed by atoms with Crippen LogP contribution in [0.2, 0.25) is 5.02 Å². The lowest BCUT2D eigenvalue weighted by Crippen LogP contribution is -2.36. The molecule has 146 valence electrons. The van der Waals surface area contributed by atoms with Gasteiger partial charge in [0.2, 0.25) is 5.91 Å². The molecule has 1 aromatic heterocycles. The topological polar surface area (TPSA) is 71.5 Å². The molecule has 2 aromatic rings. The van der Waals surface area contributed by atoms with Crippen molar-refractivity contribution in [2.75, 3.05) is 31.6 Å². The van der Waals surface area contributed by atoms with Crippen molar-refractivity contribution in [3.63, 3.8) is 0 Å². The van der Waals surface area contributed by atoms with Crippen molar-refractivity contribution >= 4 is 40.1 Å². The summed E-state index contributed by atoms with van der Waals surface area (Å²) in [6.07, 6.45) is 3.26. The summed E-state index contributed by atoms with van der Waals surface area (Å²) in [7, 11) is 0. The maximum atomic E-state index is 12.6. The van der Waals surface area contributed by atoms with Gasteiger partial charge in [0.05, 0.1) is 24.4 Å². The van der Waals surface area contributed by atoms with Crippen LogP contribution in [0.4, 0.5) is 5.69 Å². The maximum Gasteiger partial charge on any atom is 0.341 e. The summed E-state index contributed by atoms with van der Waals surface area (Å²) in [6, 6.07) is 5.25. The van der Waals surface area contributed by atoms with E-state index in [1.807, 2.05) is 18.7 Å². The third-order valence-corrected chi connectivity index (χ3v) is 4.32. The van der Waals surface area contributed by atoms with Gasteiger partial charge < -0.3 is 15.0 Å². The Hall–Kier alpha value is -2.34. The van der Waals surface area contributed by atoms with Crippen molar-refractivity contribution < 1.29 is 14.3 Å². The third kappa shape index (κ3) is 5.32. The van der Waals surface area contributed by atoms with Gasteiger partial charge >= 0.3 is 5.97 Å². The number of ether oxygens (including phenoxy) is 1. The molecule has 1 N–H and O–H groups in total. The van der Waals surface area contributed by atoms with Crippen LogP contribution in [0.1, 0.15) is 44.0 Å². The average Bonchev–Trinajstić information content (AvgIpc) is 2.65. The average molecular weight is 392 g/mol. The van der Waals surface area contributed by atoms with Gasteiger partial charge in [0.25, 0.3) is 0 Å². The van der Waals surface area contributed by atoms with Gasteiger partial charge in [0.15, 0.2) is 0 Å². The first kappa shape index (κ1) is 21.0. The minimum atomic E-state index is -0.485. The molecule has 27 heavy (non-hydrogen) atoms. The number of hydrogen-bond donors (Lipinski definition) is 1. The van der Waals surface area contributed by atoms with Crippen molar-refractivity contribution in [3.8, 4) is 0 Å². The highest BCUT2D eigenvalue weighted by Crippen LogP contribution is 2.29. The van der Waals surface area contributed by atoms with E-state index in [0.717, 1.165) is 12.8 Å². The minimum absolute atomic E-state index is 0.0134. The lowest BCUT2D eigenvalue weighted by Gasteiger charge is -2.22. The van der Waals surface area contributed by atoms with Crippen LogP contribution in [-0.4, -0.2) is 48.0 Å². The van der Waals surface area contributed by atoms with Gasteiger partial charge in [0, 0.05) is 29.7 Å². The molecule has 0 radical (unpaired) electrons. The van der Waals surface area contributed by atoms with Gasteiger partial charge in [-0.05, 0) is 38.0 Å². The van der Waals surface area contributed by atoms with Crippen LogP contribution in [0.5, 0.6) is 0 Å². The summed E-state index contributed by atoms with van der Waals surface area (Å²) in [4.78, 5) is 31.1. The van der Waals surface area contributed by atoms with Gasteiger partial charge in [-0.3, -0.25) is 9.78 Å². The molecule has 6 nitrogen and oxygen atoms in total. The van der Waals surface area contributed by atoms with E-state index in [1.165, 1.54) is 6.20 Å². The highest BCUT2D eigenvalue weighted by atomic mass is 35.5. The normalized spacial score (nSPS) is 10.7. The number of halogens is 1. The fraction of sp³-hybridized carbons (Fsp3) is 0.450. The zero-order valence-corrected chi connectivity index (χ0v) is 16.8. The number of nitrogens with zero attached hydrogens (tertiary/aromatic N) is 2. The van der Waals surface area contributed by atoms with E-state index >= 15 is 0 Å². The second-order valence-electron chi connectivity index (χ2n) is 6.16. The number of amides is 1. The van der Waals surface area contributed by atoms with Crippen molar-refractivity contribution in [1.29, 1.82) is 0 Å². The maximum absolute atomic E-state index is 12.6.